The van der Waals surface area contributed by atoms with Gasteiger partial charge in [0, 0.05) is 0 Å². The van der Waals surface area contributed by atoms with E-state index in [1.807, 2.05) is 6.92 Å². The number of fused-ring (bicyclic) bond motifs is 2. The number of halogens is 1. The third kappa shape index (κ3) is 5.14. The summed E-state index contributed by atoms with van der Waals surface area (Å²) < 4.78 is 15.1. The van der Waals surface area contributed by atoms with Crippen LogP contribution in [0.1, 0.15) is 58.3 Å². The molecule has 0 bridgehead atoms. The minimum absolute atomic E-state index is 0.165. The Morgan fingerprint density at radius 1 is 1.23 bits per heavy atom. The molecule has 0 amide bonds. The zero-order valence-corrected chi connectivity index (χ0v) is 21.2. The van der Waals surface area contributed by atoms with Crippen molar-refractivity contribution in [1.29, 1.82) is 0 Å². The van der Waals surface area contributed by atoms with Crippen molar-refractivity contribution < 1.29 is 35.8 Å². The average Bonchev–Trinajstić information content (AvgIpc) is 3.32. The molecule has 174 valence electrons. The van der Waals surface area contributed by atoms with Crippen LogP contribution >= 0.6 is 0 Å². The normalized spacial score (nSPS) is 30.7. The molecule has 6 nitrogen and oxygen atoms in total. The van der Waals surface area contributed by atoms with E-state index in [2.05, 4.69) is 19.0 Å². The van der Waals surface area contributed by atoms with Gasteiger partial charge in [-0.2, -0.15) is 0 Å². The van der Waals surface area contributed by atoms with Crippen LogP contribution in [-0.4, -0.2) is 58.7 Å². The van der Waals surface area contributed by atoms with Crippen molar-refractivity contribution in [3.05, 3.63) is 32.9 Å². The first-order valence-corrected chi connectivity index (χ1v) is 13.8. The Labute approximate surface area is 196 Å². The van der Waals surface area contributed by atoms with Gasteiger partial charge >= 0.3 is 197 Å². The topological polar surface area (TPSA) is 80.3 Å². The molecule has 0 saturated heterocycles. The molecule has 2 aliphatic heterocycles. The van der Waals surface area contributed by atoms with E-state index in [9.17, 15) is 5.11 Å². The summed E-state index contributed by atoms with van der Waals surface area (Å²) >= 11 is -0.165. The Hall–Kier alpha value is -1.06. The van der Waals surface area contributed by atoms with Crippen LogP contribution in [0, 0.1) is 5.92 Å². The van der Waals surface area contributed by atoms with Crippen LogP contribution < -0.4 is 26.9 Å². The Bertz CT molecular complexity index is 781. The molecule has 0 spiro atoms. The van der Waals surface area contributed by atoms with Gasteiger partial charge in [-0.1, -0.05) is 0 Å². The fraction of sp³-hybridized carbons (Fsp3) is 0.708. The van der Waals surface area contributed by atoms with Crippen molar-refractivity contribution in [3.8, 4) is 0 Å². The molecule has 2 heterocycles. The number of dihydropyridines is 1. The Kier molecular flexibility index (Phi) is 7.64. The molecular weight excluding hydrogens is 505 g/mol. The third-order valence-corrected chi connectivity index (χ3v) is 10.2. The second-order valence-electron chi connectivity index (χ2n) is 9.35. The van der Waals surface area contributed by atoms with Gasteiger partial charge in [-0.3, -0.25) is 0 Å². The summed E-state index contributed by atoms with van der Waals surface area (Å²) in [7, 11) is 4.37. The molecule has 4 rings (SSSR count). The molecule has 3 N–H and O–H groups in total. The molecule has 7 heteroatoms. The van der Waals surface area contributed by atoms with E-state index in [0.717, 1.165) is 45.1 Å². The molecular formula is C24H37IN3O3-. The van der Waals surface area contributed by atoms with Crippen LogP contribution in [0.2, 0.25) is 0 Å². The Morgan fingerprint density at radius 2 is 2.00 bits per heavy atom. The molecule has 31 heavy (non-hydrogen) atoms. The second kappa shape index (κ2) is 10.3. The van der Waals surface area contributed by atoms with Gasteiger partial charge in [0.2, 0.25) is 0 Å². The number of nitrogens with two attached hydrogens (primary N) is 1. The van der Waals surface area contributed by atoms with E-state index in [1.165, 1.54) is 45.9 Å². The Morgan fingerprint density at radius 3 is 2.71 bits per heavy atom. The van der Waals surface area contributed by atoms with Gasteiger partial charge in [0.25, 0.3) is 0 Å². The molecule has 1 fully saturated rings. The van der Waals surface area contributed by atoms with Crippen LogP contribution in [0.4, 0.5) is 0 Å². The maximum atomic E-state index is 10.7. The predicted octanol–water partition coefficient (Wildman–Crippen LogP) is 0.285. The van der Waals surface area contributed by atoms with Gasteiger partial charge in [0.15, 0.2) is 0 Å². The van der Waals surface area contributed by atoms with Crippen LogP contribution in [0.5, 0.6) is 0 Å². The van der Waals surface area contributed by atoms with Gasteiger partial charge in [-0.15, -0.1) is 0 Å². The van der Waals surface area contributed by atoms with Crippen molar-refractivity contribution >= 4 is 3.72 Å². The summed E-state index contributed by atoms with van der Waals surface area (Å²) in [6.07, 6.45) is 11.0. The first kappa shape index (κ1) is 23.1. The summed E-state index contributed by atoms with van der Waals surface area (Å²) in [5.41, 5.74) is 8.19. The van der Waals surface area contributed by atoms with Gasteiger partial charge in [0.1, 0.15) is 0 Å². The SMILES string of the molecule is CC(O/C=C\N)[C@H](O)C[C@H]1CCC2=C1C1=C(OC3CCC(N(C)C)CC3)CCN=C1[I-]2. The average molecular weight is 542 g/mol. The second-order valence-corrected chi connectivity index (χ2v) is 12.2. The number of hydrogen-bond acceptors (Lipinski definition) is 6. The molecule has 1 saturated carbocycles. The summed E-state index contributed by atoms with van der Waals surface area (Å²) in [6, 6.07) is 0.687. The van der Waals surface area contributed by atoms with Crippen molar-refractivity contribution in [2.24, 2.45) is 16.6 Å². The maximum absolute atomic E-state index is 10.7. The van der Waals surface area contributed by atoms with Gasteiger partial charge in [-0.05, 0) is 0 Å². The van der Waals surface area contributed by atoms with Crippen molar-refractivity contribution in [3.63, 3.8) is 0 Å². The summed E-state index contributed by atoms with van der Waals surface area (Å²) in [5.74, 6) is 1.57. The predicted molar refractivity (Wildman–Crippen MR) is 119 cm³/mol. The molecule has 4 aliphatic rings. The van der Waals surface area contributed by atoms with Crippen molar-refractivity contribution in [2.45, 2.75) is 82.6 Å². The van der Waals surface area contributed by atoms with E-state index < -0.39 is 6.10 Å². The van der Waals surface area contributed by atoms with Crippen LogP contribution in [0.25, 0.3) is 0 Å². The molecule has 0 aromatic rings. The third-order valence-electron chi connectivity index (χ3n) is 7.08. The first-order chi connectivity index (χ1) is 15.0. The van der Waals surface area contributed by atoms with E-state index in [0.29, 0.717) is 18.1 Å². The zero-order chi connectivity index (χ0) is 22.0. The van der Waals surface area contributed by atoms with Crippen LogP contribution in [0.3, 0.4) is 0 Å². The Balaban J connectivity index is 1.47. The van der Waals surface area contributed by atoms with Crippen LogP contribution in [0.15, 0.2) is 37.9 Å². The molecule has 0 radical (unpaired) electrons. The van der Waals surface area contributed by atoms with E-state index in [1.54, 1.807) is 3.58 Å². The van der Waals surface area contributed by atoms with Crippen molar-refractivity contribution in [2.75, 3.05) is 20.6 Å². The summed E-state index contributed by atoms with van der Waals surface area (Å²) in [6.45, 7) is 2.77. The minimum atomic E-state index is -0.512. The number of hydrogen-bond donors (Lipinski definition) is 2. The van der Waals surface area contributed by atoms with E-state index in [4.69, 9.17) is 20.2 Å². The van der Waals surface area contributed by atoms with E-state index >= 15 is 0 Å². The molecule has 2 aliphatic carbocycles. The van der Waals surface area contributed by atoms with E-state index in [-0.39, 0.29) is 27.3 Å². The van der Waals surface area contributed by atoms with Gasteiger partial charge in [-0.25, -0.2) is 0 Å². The number of aliphatic imine (C=N–C) groups is 1. The number of rotatable bonds is 8. The summed E-state index contributed by atoms with van der Waals surface area (Å²) in [4.78, 5) is 7.26. The number of allylic oxidation sites excluding steroid dienone is 3. The first-order valence-electron chi connectivity index (χ1n) is 11.7. The molecule has 3 atom stereocenters. The quantitative estimate of drug-likeness (QED) is 0.341. The standard InChI is InChI=1S/C24H37IN3O3/c1-15(30-13-11-26)20(29)14-16-4-9-19-22(16)23-21(10-12-27-24(23)25-19)31-18-7-5-17(6-8-18)28(2)3/h11,13,15-18,20,29H,4-10,12,14,26H2,1-3H3/q-1/b13-11-/t15?,16-,17?,18?,20-/m1/s1. The van der Waals surface area contributed by atoms with Crippen molar-refractivity contribution in [1.82, 2.24) is 4.90 Å². The van der Waals surface area contributed by atoms with Gasteiger partial charge < -0.3 is 0 Å². The zero-order valence-electron chi connectivity index (χ0n) is 19.0. The monoisotopic (exact) mass is 542 g/mol. The molecule has 1 unspecified atom stereocenters. The fourth-order valence-electron chi connectivity index (χ4n) is 5.24. The van der Waals surface area contributed by atoms with Crippen LogP contribution in [-0.2, 0) is 9.47 Å². The molecule has 0 aromatic heterocycles. The molecule has 0 aromatic carbocycles. The summed E-state index contributed by atoms with van der Waals surface area (Å²) in [5, 5.41) is 10.7. The number of aliphatic hydroxyl groups excluding tert-OH is 1. The van der Waals surface area contributed by atoms with Gasteiger partial charge in [0.05, 0.1) is 0 Å². The number of ether oxygens (including phenoxy) is 2. The number of aliphatic hydroxyl groups is 1. The fourth-order valence-corrected chi connectivity index (χ4v) is 8.71. The number of nitrogens with zero attached hydrogens (tertiary/aromatic N) is 2.